The van der Waals surface area contributed by atoms with Crippen LogP contribution in [-0.4, -0.2) is 84.0 Å². The van der Waals surface area contributed by atoms with Gasteiger partial charge in [-0.2, -0.15) is 0 Å². The van der Waals surface area contributed by atoms with E-state index in [1.54, 1.807) is 21.0 Å². The van der Waals surface area contributed by atoms with Crippen molar-refractivity contribution in [2.24, 2.45) is 0 Å². The number of thiophene rings is 1. The number of amides is 3. The number of rotatable bonds is 15. The summed E-state index contributed by atoms with van der Waals surface area (Å²) < 4.78 is 0. The zero-order valence-electron chi connectivity index (χ0n) is 26.6. The maximum Gasteiger partial charge on any atom is 0.246 e. The van der Waals surface area contributed by atoms with Crippen LogP contribution < -0.4 is 10.6 Å². The Morgan fingerprint density at radius 3 is 2.16 bits per heavy atom. The number of nitrogens with zero attached hydrogens (tertiary/aromatic N) is 2. The van der Waals surface area contributed by atoms with E-state index in [-0.39, 0.29) is 36.2 Å². The molecule has 2 aromatic carbocycles. The van der Waals surface area contributed by atoms with Gasteiger partial charge in [-0.25, -0.2) is 0 Å². The number of hydrogen-bond acceptors (Lipinski definition) is 6. The maximum absolute atomic E-state index is 14.2. The molecule has 9 heteroatoms. The number of aliphatic hydroxyl groups is 1. The minimum absolute atomic E-state index is 0.0745. The molecule has 0 fully saturated rings. The Bertz CT molecular complexity index is 1370. The third-order valence-corrected chi connectivity index (χ3v) is 8.72. The molecule has 0 radical (unpaired) electrons. The zero-order chi connectivity index (χ0) is 32.3. The predicted molar refractivity (Wildman–Crippen MR) is 178 cm³/mol. The first kappa shape index (κ1) is 34.7. The minimum atomic E-state index is -0.854. The Kier molecular flexibility index (Phi) is 12.9. The van der Waals surface area contributed by atoms with Crippen molar-refractivity contribution >= 4 is 29.1 Å². The number of likely N-dealkylation sites (N-methyl/N-ethyl adjacent to an activating group) is 2. The van der Waals surface area contributed by atoms with Crippen molar-refractivity contribution in [2.75, 3.05) is 27.7 Å². The molecule has 1 aromatic heterocycles. The molecule has 0 spiro atoms. The number of aliphatic hydroxyl groups excluding tert-OH is 1. The van der Waals surface area contributed by atoms with Crippen LogP contribution in [0.4, 0.5) is 0 Å². The molecule has 0 aliphatic rings. The molecule has 0 saturated carbocycles. The number of benzene rings is 2. The van der Waals surface area contributed by atoms with Crippen molar-refractivity contribution < 1.29 is 19.5 Å². The molecular formula is C35H46N4O4S. The molecular weight excluding hydrogens is 572 g/mol. The van der Waals surface area contributed by atoms with Crippen LogP contribution in [0.15, 0.2) is 84.3 Å². The quantitative estimate of drug-likeness (QED) is 0.221. The largest absolute Gasteiger partial charge is 0.392 e. The molecule has 3 N–H and O–H groups in total. The highest BCUT2D eigenvalue weighted by molar-refractivity contribution is 7.09. The van der Waals surface area contributed by atoms with Gasteiger partial charge in [0.1, 0.15) is 12.1 Å². The lowest BCUT2D eigenvalue weighted by Gasteiger charge is -2.34. The van der Waals surface area contributed by atoms with E-state index < -0.39 is 18.2 Å². The number of hydrogen-bond donors (Lipinski definition) is 3. The Morgan fingerprint density at radius 1 is 0.909 bits per heavy atom. The van der Waals surface area contributed by atoms with Gasteiger partial charge in [0.15, 0.2) is 0 Å². The first-order chi connectivity index (χ1) is 20.9. The Morgan fingerprint density at radius 2 is 1.57 bits per heavy atom. The Labute approximate surface area is 265 Å². The summed E-state index contributed by atoms with van der Waals surface area (Å²) >= 11 is 1.51. The van der Waals surface area contributed by atoms with Gasteiger partial charge < -0.3 is 25.5 Å². The fourth-order valence-electron chi connectivity index (χ4n) is 4.68. The molecule has 236 valence electrons. The third-order valence-electron chi connectivity index (χ3n) is 7.82. The Hall–Kier alpha value is -3.79. The van der Waals surface area contributed by atoms with E-state index in [1.165, 1.54) is 27.2 Å². The highest BCUT2D eigenvalue weighted by atomic mass is 32.1. The van der Waals surface area contributed by atoms with Gasteiger partial charge >= 0.3 is 0 Å². The molecule has 3 aromatic rings. The van der Waals surface area contributed by atoms with Crippen LogP contribution >= 0.6 is 11.3 Å². The maximum atomic E-state index is 14.2. The van der Waals surface area contributed by atoms with Crippen molar-refractivity contribution in [1.29, 1.82) is 0 Å². The second-order valence-electron chi connectivity index (χ2n) is 11.8. The molecule has 0 saturated heterocycles. The first-order valence-corrected chi connectivity index (χ1v) is 15.8. The van der Waals surface area contributed by atoms with Gasteiger partial charge in [0.25, 0.3) is 0 Å². The molecule has 0 aliphatic heterocycles. The van der Waals surface area contributed by atoms with Crippen molar-refractivity contribution in [3.63, 3.8) is 0 Å². The van der Waals surface area contributed by atoms with Crippen LogP contribution in [0.1, 0.15) is 37.6 Å². The van der Waals surface area contributed by atoms with Gasteiger partial charge in [0.2, 0.25) is 17.7 Å². The van der Waals surface area contributed by atoms with Gasteiger partial charge in [-0.1, -0.05) is 66.7 Å². The number of carbonyl (C=O) groups excluding carboxylic acids is 3. The fourth-order valence-corrected chi connectivity index (χ4v) is 5.43. The van der Waals surface area contributed by atoms with E-state index in [0.717, 1.165) is 21.6 Å². The van der Waals surface area contributed by atoms with Crippen LogP contribution in [0, 0.1) is 0 Å². The normalized spacial score (nSPS) is 13.7. The van der Waals surface area contributed by atoms with E-state index in [9.17, 15) is 19.5 Å². The SMILES string of the molecule is CNC(C)(C)CC=CC(=O)N(C)[C@H](Cc1ccc(-c2ccccc2)cc1)C(=O)N(C)[C@H](Cc1cccs1)C(=O)NC[C@@H](C)O. The second-order valence-corrected chi connectivity index (χ2v) is 12.8. The topological polar surface area (TPSA) is 102 Å². The van der Waals surface area contributed by atoms with Crippen LogP contribution in [0.2, 0.25) is 0 Å². The van der Waals surface area contributed by atoms with Crippen molar-refractivity contribution in [3.05, 3.63) is 94.7 Å². The standard InChI is InChI=1S/C35H46N4O4S/c1-25(40)24-37-33(42)30(23-29-14-11-21-44-29)39(6)34(43)31(38(5)32(41)15-10-20-35(2,3)36-4)22-26-16-18-28(19-17-26)27-12-8-7-9-13-27/h7-19,21,25,30-31,36,40H,20,22-24H2,1-6H3,(H,37,42)/t25-,30-,31-/m1/s1. The summed E-state index contributed by atoms with van der Waals surface area (Å²) in [6.07, 6.45) is 3.83. The third kappa shape index (κ3) is 10.1. The highest BCUT2D eigenvalue weighted by Gasteiger charge is 2.35. The summed E-state index contributed by atoms with van der Waals surface area (Å²) in [5, 5.41) is 17.7. The first-order valence-electron chi connectivity index (χ1n) is 14.9. The van der Waals surface area contributed by atoms with E-state index in [4.69, 9.17) is 0 Å². The van der Waals surface area contributed by atoms with E-state index in [0.29, 0.717) is 12.8 Å². The second kappa shape index (κ2) is 16.3. The molecule has 8 nitrogen and oxygen atoms in total. The average Bonchev–Trinajstić information content (AvgIpc) is 3.54. The molecule has 0 unspecified atom stereocenters. The summed E-state index contributed by atoms with van der Waals surface area (Å²) in [5.41, 5.74) is 2.86. The summed E-state index contributed by atoms with van der Waals surface area (Å²) in [5.74, 6) is -0.993. The van der Waals surface area contributed by atoms with Crippen molar-refractivity contribution in [1.82, 2.24) is 20.4 Å². The van der Waals surface area contributed by atoms with E-state index in [2.05, 4.69) is 10.6 Å². The van der Waals surface area contributed by atoms with Crippen LogP contribution in [-0.2, 0) is 27.2 Å². The van der Waals surface area contributed by atoms with Crippen LogP contribution in [0.3, 0.4) is 0 Å². The predicted octanol–water partition coefficient (Wildman–Crippen LogP) is 4.30. The van der Waals surface area contributed by atoms with Crippen LogP contribution in [0.25, 0.3) is 11.1 Å². The number of carbonyl (C=O) groups is 3. The van der Waals surface area contributed by atoms with Gasteiger partial charge in [0.05, 0.1) is 6.10 Å². The molecule has 0 bridgehead atoms. The minimum Gasteiger partial charge on any atom is -0.392 e. The van der Waals surface area contributed by atoms with Crippen molar-refractivity contribution in [3.8, 4) is 11.1 Å². The summed E-state index contributed by atoms with van der Waals surface area (Å²) in [7, 11) is 5.11. The average molecular weight is 619 g/mol. The van der Waals surface area contributed by atoms with E-state index >= 15 is 0 Å². The lowest BCUT2D eigenvalue weighted by Crippen LogP contribution is -2.56. The molecule has 3 rings (SSSR count). The van der Waals surface area contributed by atoms with Gasteiger partial charge in [-0.05, 0) is 68.5 Å². The molecule has 1 heterocycles. The monoisotopic (exact) mass is 618 g/mol. The smallest absolute Gasteiger partial charge is 0.246 e. The molecule has 3 atom stereocenters. The van der Waals surface area contributed by atoms with Crippen LogP contribution in [0.5, 0.6) is 0 Å². The molecule has 44 heavy (non-hydrogen) atoms. The fraction of sp³-hybridized carbons (Fsp3) is 0.400. The number of nitrogens with one attached hydrogen (secondary N) is 2. The lowest BCUT2D eigenvalue weighted by atomic mass is 9.98. The summed E-state index contributed by atoms with van der Waals surface area (Å²) in [4.78, 5) is 44.8. The van der Waals surface area contributed by atoms with Gasteiger partial charge in [-0.3, -0.25) is 14.4 Å². The molecule has 3 amide bonds. The van der Waals surface area contributed by atoms with Crippen molar-refractivity contribution in [2.45, 2.75) is 63.8 Å². The summed E-state index contributed by atoms with van der Waals surface area (Å²) in [6, 6.07) is 20.2. The highest BCUT2D eigenvalue weighted by Crippen LogP contribution is 2.22. The van der Waals surface area contributed by atoms with Gasteiger partial charge in [0, 0.05) is 43.9 Å². The van der Waals surface area contributed by atoms with E-state index in [1.807, 2.05) is 99.1 Å². The molecule has 0 aliphatic carbocycles. The summed E-state index contributed by atoms with van der Waals surface area (Å²) in [6.45, 7) is 5.75. The zero-order valence-corrected chi connectivity index (χ0v) is 27.4. The Balaban J connectivity index is 1.91. The van der Waals surface area contributed by atoms with Gasteiger partial charge in [-0.15, -0.1) is 11.3 Å². The lowest BCUT2D eigenvalue weighted by molar-refractivity contribution is -0.146.